The van der Waals surface area contributed by atoms with Crippen LogP contribution >= 0.6 is 24.0 Å². The van der Waals surface area contributed by atoms with Crippen molar-refractivity contribution in [2.45, 2.75) is 38.8 Å². The molecule has 0 amide bonds. The molecular weight excluding hydrogens is 472 g/mol. The summed E-state index contributed by atoms with van der Waals surface area (Å²) in [6, 6.07) is 0. The van der Waals surface area contributed by atoms with Gasteiger partial charge < -0.3 is 15.0 Å². The Balaban J connectivity index is 0.00000364. The van der Waals surface area contributed by atoms with E-state index in [2.05, 4.69) is 24.2 Å². The zero-order valence-electron chi connectivity index (χ0n) is 16.4. The Kier molecular flexibility index (Phi) is 11.3. The lowest BCUT2D eigenvalue weighted by molar-refractivity contribution is -0.148. The molecule has 0 aromatic carbocycles. The Morgan fingerprint density at radius 3 is 2.48 bits per heavy atom. The topological polar surface area (TPSA) is 40.1 Å². The third-order valence-corrected chi connectivity index (χ3v) is 5.16. The number of rotatable bonds is 7. The Morgan fingerprint density at radius 2 is 1.93 bits per heavy atom. The van der Waals surface area contributed by atoms with Crippen LogP contribution in [0.4, 0.5) is 13.2 Å². The molecule has 0 saturated carbocycles. The smallest absolute Gasteiger partial charge is 0.381 e. The average molecular weight is 506 g/mol. The summed E-state index contributed by atoms with van der Waals surface area (Å²) in [4.78, 5) is 8.40. The fourth-order valence-corrected chi connectivity index (χ4v) is 3.71. The molecule has 5 nitrogen and oxygen atoms in total. The van der Waals surface area contributed by atoms with E-state index in [1.165, 1.54) is 4.90 Å². The van der Waals surface area contributed by atoms with Crippen LogP contribution in [0.1, 0.15) is 32.6 Å². The molecule has 2 saturated heterocycles. The molecule has 27 heavy (non-hydrogen) atoms. The highest BCUT2D eigenvalue weighted by molar-refractivity contribution is 14.0. The van der Waals surface area contributed by atoms with Crippen LogP contribution in [0.2, 0.25) is 0 Å². The first kappa shape index (κ1) is 24.7. The van der Waals surface area contributed by atoms with E-state index in [1.54, 1.807) is 0 Å². The normalized spacial score (nSPS) is 22.6. The monoisotopic (exact) mass is 506 g/mol. The SMILES string of the molecule is CCNC(=NCCC1CCN(CC(F)(F)F)CC1)N(C)CC1CCOC1.I. The van der Waals surface area contributed by atoms with Crippen LogP contribution in [0.15, 0.2) is 4.99 Å². The number of likely N-dealkylation sites (tertiary alicyclic amines) is 1. The van der Waals surface area contributed by atoms with Crippen molar-refractivity contribution in [3.8, 4) is 0 Å². The molecular formula is C18H34F3IN4O. The fraction of sp³-hybridized carbons (Fsp3) is 0.944. The fourth-order valence-electron chi connectivity index (χ4n) is 3.71. The van der Waals surface area contributed by atoms with Crippen LogP contribution in [0, 0.1) is 11.8 Å². The standard InChI is InChI=1S/C18H33F3N4O.HI/c1-3-22-17(24(2)12-16-7-11-26-13-16)23-8-4-15-5-9-25(10-6-15)14-18(19,20)21;/h15-16H,3-14H2,1-2H3,(H,22,23);1H. The number of hydrogen-bond donors (Lipinski definition) is 1. The maximum atomic E-state index is 12.4. The largest absolute Gasteiger partial charge is 0.401 e. The quantitative estimate of drug-likeness (QED) is 0.327. The zero-order valence-corrected chi connectivity index (χ0v) is 18.8. The maximum Gasteiger partial charge on any atom is 0.401 e. The minimum atomic E-state index is -4.09. The van der Waals surface area contributed by atoms with E-state index in [1.807, 2.05) is 0 Å². The number of guanidine groups is 1. The van der Waals surface area contributed by atoms with Crippen LogP contribution in [-0.4, -0.2) is 81.5 Å². The van der Waals surface area contributed by atoms with Gasteiger partial charge in [-0.2, -0.15) is 13.2 Å². The summed E-state index contributed by atoms with van der Waals surface area (Å²) in [5.41, 5.74) is 0. The molecule has 0 radical (unpaired) electrons. The van der Waals surface area contributed by atoms with Gasteiger partial charge in [0.1, 0.15) is 0 Å². The molecule has 0 aromatic heterocycles. The van der Waals surface area contributed by atoms with Gasteiger partial charge in [0, 0.05) is 39.2 Å². The number of ether oxygens (including phenoxy) is 1. The molecule has 1 atom stereocenters. The number of nitrogens with zero attached hydrogens (tertiary/aromatic N) is 3. The Hall–Kier alpha value is -0.290. The molecule has 2 rings (SSSR count). The molecule has 9 heteroatoms. The second-order valence-corrected chi connectivity index (χ2v) is 7.47. The lowest BCUT2D eigenvalue weighted by Crippen LogP contribution is -2.42. The second kappa shape index (κ2) is 12.3. The highest BCUT2D eigenvalue weighted by Gasteiger charge is 2.32. The summed E-state index contributed by atoms with van der Waals surface area (Å²) in [5, 5.41) is 3.33. The first-order valence-corrected chi connectivity index (χ1v) is 9.73. The zero-order chi connectivity index (χ0) is 19.0. The summed E-state index contributed by atoms with van der Waals surface area (Å²) >= 11 is 0. The second-order valence-electron chi connectivity index (χ2n) is 7.47. The highest BCUT2D eigenvalue weighted by Crippen LogP contribution is 2.24. The molecule has 1 N–H and O–H groups in total. The molecule has 2 heterocycles. The molecule has 0 aromatic rings. The van der Waals surface area contributed by atoms with E-state index in [0.29, 0.717) is 24.9 Å². The highest BCUT2D eigenvalue weighted by atomic mass is 127. The van der Waals surface area contributed by atoms with Crippen molar-refractivity contribution in [1.29, 1.82) is 0 Å². The molecule has 2 aliphatic rings. The number of piperidine rings is 1. The third-order valence-electron chi connectivity index (χ3n) is 5.16. The number of alkyl halides is 3. The predicted molar refractivity (Wildman–Crippen MR) is 113 cm³/mol. The minimum absolute atomic E-state index is 0. The molecule has 0 spiro atoms. The molecule has 2 fully saturated rings. The van der Waals surface area contributed by atoms with E-state index >= 15 is 0 Å². The van der Waals surface area contributed by atoms with Crippen molar-refractivity contribution in [3.05, 3.63) is 0 Å². The first-order chi connectivity index (χ1) is 12.4. The van der Waals surface area contributed by atoms with Gasteiger partial charge in [-0.15, -0.1) is 24.0 Å². The predicted octanol–water partition coefficient (Wildman–Crippen LogP) is 3.20. The van der Waals surface area contributed by atoms with Gasteiger partial charge in [-0.05, 0) is 51.6 Å². The van der Waals surface area contributed by atoms with E-state index in [0.717, 1.165) is 64.5 Å². The Labute approximate surface area is 178 Å². The van der Waals surface area contributed by atoms with Gasteiger partial charge in [-0.1, -0.05) is 0 Å². The van der Waals surface area contributed by atoms with Gasteiger partial charge in [-0.3, -0.25) is 9.89 Å². The number of halogens is 4. The van der Waals surface area contributed by atoms with Crippen LogP contribution in [0.25, 0.3) is 0 Å². The van der Waals surface area contributed by atoms with Crippen molar-refractivity contribution in [1.82, 2.24) is 15.1 Å². The summed E-state index contributed by atoms with van der Waals surface area (Å²) in [6.07, 6.45) is -0.392. The van der Waals surface area contributed by atoms with E-state index in [9.17, 15) is 13.2 Å². The van der Waals surface area contributed by atoms with Crippen molar-refractivity contribution in [2.24, 2.45) is 16.8 Å². The lowest BCUT2D eigenvalue weighted by Gasteiger charge is -2.32. The summed E-state index contributed by atoms with van der Waals surface area (Å²) in [6.45, 7) is 6.49. The Morgan fingerprint density at radius 1 is 1.22 bits per heavy atom. The van der Waals surface area contributed by atoms with Gasteiger partial charge in [0.2, 0.25) is 0 Å². The van der Waals surface area contributed by atoms with E-state index < -0.39 is 12.7 Å². The van der Waals surface area contributed by atoms with Crippen molar-refractivity contribution >= 4 is 29.9 Å². The Bertz CT molecular complexity index is 437. The number of hydrogen-bond acceptors (Lipinski definition) is 3. The lowest BCUT2D eigenvalue weighted by atomic mass is 9.93. The van der Waals surface area contributed by atoms with Gasteiger partial charge >= 0.3 is 6.18 Å². The molecule has 0 aliphatic carbocycles. The molecule has 1 unspecified atom stereocenters. The van der Waals surface area contributed by atoms with E-state index in [-0.39, 0.29) is 24.0 Å². The van der Waals surface area contributed by atoms with E-state index in [4.69, 9.17) is 9.73 Å². The van der Waals surface area contributed by atoms with Crippen molar-refractivity contribution in [3.63, 3.8) is 0 Å². The summed E-state index contributed by atoms with van der Waals surface area (Å²) < 4.78 is 42.8. The average Bonchev–Trinajstić information content (AvgIpc) is 3.07. The van der Waals surface area contributed by atoms with Crippen LogP contribution in [0.3, 0.4) is 0 Å². The van der Waals surface area contributed by atoms with Crippen LogP contribution in [-0.2, 0) is 4.74 Å². The molecule has 2 aliphatic heterocycles. The number of aliphatic imine (C=N–C) groups is 1. The summed E-state index contributed by atoms with van der Waals surface area (Å²) in [7, 11) is 2.05. The molecule has 0 bridgehead atoms. The summed E-state index contributed by atoms with van der Waals surface area (Å²) in [5.74, 6) is 1.94. The first-order valence-electron chi connectivity index (χ1n) is 9.73. The van der Waals surface area contributed by atoms with Crippen LogP contribution in [0.5, 0.6) is 0 Å². The van der Waals surface area contributed by atoms with Gasteiger partial charge in [-0.25, -0.2) is 0 Å². The van der Waals surface area contributed by atoms with Crippen LogP contribution < -0.4 is 5.32 Å². The van der Waals surface area contributed by atoms with Crippen molar-refractivity contribution in [2.75, 3.05) is 59.5 Å². The van der Waals surface area contributed by atoms with Gasteiger partial charge in [0.05, 0.1) is 13.2 Å². The van der Waals surface area contributed by atoms with Gasteiger partial charge in [0.25, 0.3) is 0 Å². The molecule has 160 valence electrons. The minimum Gasteiger partial charge on any atom is -0.381 e. The third kappa shape index (κ3) is 9.65. The van der Waals surface area contributed by atoms with Crippen molar-refractivity contribution < 1.29 is 17.9 Å². The maximum absolute atomic E-state index is 12.4. The van der Waals surface area contributed by atoms with Gasteiger partial charge in [0.15, 0.2) is 5.96 Å². The number of nitrogens with one attached hydrogen (secondary N) is 1.